The molecule has 0 aliphatic rings. The summed E-state index contributed by atoms with van der Waals surface area (Å²) >= 11 is 0. The van der Waals surface area contributed by atoms with E-state index in [4.69, 9.17) is 5.11 Å². The maximum absolute atomic E-state index is 10.8. The van der Waals surface area contributed by atoms with Crippen molar-refractivity contribution in [2.75, 3.05) is 0 Å². The first-order valence-electron chi connectivity index (χ1n) is 3.05. The molecule has 0 saturated carbocycles. The molecular formula is C6H8N2O3. The number of aliphatic hydroxyl groups excluding tert-OH is 1. The molecule has 0 atom stereocenters. The zero-order valence-electron chi connectivity index (χ0n) is 6.00. The van der Waals surface area contributed by atoms with Gasteiger partial charge in [-0.15, -0.1) is 0 Å². The van der Waals surface area contributed by atoms with Crippen molar-refractivity contribution in [3.63, 3.8) is 0 Å². The molecule has 5 nitrogen and oxygen atoms in total. The fraction of sp³-hybridized carbons (Fsp3) is 0.333. The van der Waals surface area contributed by atoms with Gasteiger partial charge in [-0.1, -0.05) is 0 Å². The van der Waals surface area contributed by atoms with Crippen molar-refractivity contribution in [2.45, 2.75) is 6.61 Å². The van der Waals surface area contributed by atoms with Crippen LogP contribution in [0.1, 0.15) is 5.56 Å². The number of hydrogen-bond donors (Lipinski definition) is 2. The minimum atomic E-state index is -0.532. The Bertz CT molecular complexity index is 363. The third-order valence-corrected chi connectivity index (χ3v) is 1.35. The molecule has 2 N–H and O–H groups in total. The molecule has 0 aliphatic carbocycles. The first-order chi connectivity index (χ1) is 5.15. The molecule has 1 aromatic rings. The zero-order chi connectivity index (χ0) is 8.43. The van der Waals surface area contributed by atoms with Gasteiger partial charge in [0.05, 0.1) is 12.2 Å². The Balaban J connectivity index is 3.45. The quantitative estimate of drug-likeness (QED) is 0.523. The van der Waals surface area contributed by atoms with Crippen molar-refractivity contribution in [1.82, 2.24) is 9.55 Å². The Morgan fingerprint density at radius 1 is 1.64 bits per heavy atom. The van der Waals surface area contributed by atoms with Crippen LogP contribution in [0.15, 0.2) is 15.8 Å². The molecule has 60 valence electrons. The van der Waals surface area contributed by atoms with E-state index in [9.17, 15) is 9.59 Å². The molecule has 1 aromatic heterocycles. The average molecular weight is 156 g/mol. The summed E-state index contributed by atoms with van der Waals surface area (Å²) in [5.74, 6) is 0. The minimum Gasteiger partial charge on any atom is -0.391 e. The molecule has 0 radical (unpaired) electrons. The SMILES string of the molecule is Cn1cc(CO)c(=O)[nH]c1=O. The van der Waals surface area contributed by atoms with Crippen molar-refractivity contribution >= 4 is 0 Å². The first-order valence-corrected chi connectivity index (χ1v) is 3.05. The fourth-order valence-corrected chi connectivity index (χ4v) is 0.729. The van der Waals surface area contributed by atoms with Crippen LogP contribution in [0.25, 0.3) is 0 Å². The second-order valence-electron chi connectivity index (χ2n) is 2.18. The van der Waals surface area contributed by atoms with Gasteiger partial charge < -0.3 is 9.67 Å². The van der Waals surface area contributed by atoms with Gasteiger partial charge >= 0.3 is 5.69 Å². The zero-order valence-corrected chi connectivity index (χ0v) is 6.00. The number of aromatic amines is 1. The Morgan fingerprint density at radius 2 is 2.27 bits per heavy atom. The fourth-order valence-electron chi connectivity index (χ4n) is 0.729. The molecule has 1 rings (SSSR count). The van der Waals surface area contributed by atoms with E-state index < -0.39 is 11.2 Å². The smallest absolute Gasteiger partial charge is 0.328 e. The van der Waals surface area contributed by atoms with Crippen LogP contribution in [0.4, 0.5) is 0 Å². The number of rotatable bonds is 1. The van der Waals surface area contributed by atoms with E-state index in [2.05, 4.69) is 0 Å². The molecule has 5 heteroatoms. The van der Waals surface area contributed by atoms with Crippen LogP contribution < -0.4 is 11.2 Å². The van der Waals surface area contributed by atoms with E-state index in [1.807, 2.05) is 4.98 Å². The van der Waals surface area contributed by atoms with E-state index in [1.165, 1.54) is 17.8 Å². The van der Waals surface area contributed by atoms with Crippen molar-refractivity contribution in [2.24, 2.45) is 7.05 Å². The molecule has 1 heterocycles. The van der Waals surface area contributed by atoms with Crippen LogP contribution in [0.3, 0.4) is 0 Å². The van der Waals surface area contributed by atoms with E-state index in [0.29, 0.717) is 0 Å². The highest BCUT2D eigenvalue weighted by Gasteiger charge is 1.98. The van der Waals surface area contributed by atoms with Gasteiger partial charge in [0.2, 0.25) is 0 Å². The molecule has 0 aromatic carbocycles. The summed E-state index contributed by atoms with van der Waals surface area (Å²) in [5, 5.41) is 8.60. The Morgan fingerprint density at radius 3 is 2.82 bits per heavy atom. The summed E-state index contributed by atoms with van der Waals surface area (Å²) in [5.41, 5.74) is -0.824. The lowest BCUT2D eigenvalue weighted by molar-refractivity contribution is 0.278. The highest BCUT2D eigenvalue weighted by Crippen LogP contribution is 1.82. The van der Waals surface area contributed by atoms with Crippen LogP contribution in [0.5, 0.6) is 0 Å². The lowest BCUT2D eigenvalue weighted by atomic mass is 10.4. The average Bonchev–Trinajstić information content (AvgIpc) is 1.97. The Hall–Kier alpha value is -1.36. The van der Waals surface area contributed by atoms with Crippen LogP contribution >= 0.6 is 0 Å². The predicted molar refractivity (Wildman–Crippen MR) is 38.2 cm³/mol. The largest absolute Gasteiger partial charge is 0.391 e. The van der Waals surface area contributed by atoms with Gasteiger partial charge in [0.15, 0.2) is 0 Å². The van der Waals surface area contributed by atoms with Crippen LogP contribution in [0, 0.1) is 0 Å². The van der Waals surface area contributed by atoms with E-state index in [0.717, 1.165) is 0 Å². The van der Waals surface area contributed by atoms with E-state index in [1.54, 1.807) is 0 Å². The standard InChI is InChI=1S/C6H8N2O3/c1-8-2-4(3-9)5(10)7-6(8)11/h2,9H,3H2,1H3,(H,7,10,11). The maximum Gasteiger partial charge on any atom is 0.328 e. The van der Waals surface area contributed by atoms with Crippen LogP contribution in [0.2, 0.25) is 0 Å². The summed E-state index contributed by atoms with van der Waals surface area (Å²) in [6.07, 6.45) is 1.31. The van der Waals surface area contributed by atoms with E-state index in [-0.39, 0.29) is 12.2 Å². The first kappa shape index (κ1) is 7.74. The number of nitrogens with one attached hydrogen (secondary N) is 1. The number of hydrogen-bond acceptors (Lipinski definition) is 3. The van der Waals surface area contributed by atoms with E-state index >= 15 is 0 Å². The number of aryl methyl sites for hydroxylation is 1. The Kier molecular flexibility index (Phi) is 1.91. The predicted octanol–water partition coefficient (Wildman–Crippen LogP) is -1.43. The second-order valence-corrected chi connectivity index (χ2v) is 2.18. The van der Waals surface area contributed by atoms with Gasteiger partial charge in [0, 0.05) is 13.2 Å². The Labute approximate surface area is 61.9 Å². The molecular weight excluding hydrogens is 148 g/mol. The van der Waals surface area contributed by atoms with Gasteiger partial charge in [-0.05, 0) is 0 Å². The summed E-state index contributed by atoms with van der Waals surface area (Å²) < 4.78 is 1.20. The lowest BCUT2D eigenvalue weighted by Crippen LogP contribution is -2.29. The molecule has 0 fully saturated rings. The van der Waals surface area contributed by atoms with Crippen molar-refractivity contribution in [1.29, 1.82) is 0 Å². The van der Waals surface area contributed by atoms with Gasteiger partial charge in [-0.25, -0.2) is 4.79 Å². The van der Waals surface area contributed by atoms with Gasteiger partial charge in [-0.2, -0.15) is 0 Å². The van der Waals surface area contributed by atoms with Gasteiger partial charge in [0.1, 0.15) is 0 Å². The monoisotopic (exact) mass is 156 g/mol. The normalized spacial score (nSPS) is 10.0. The molecule has 0 spiro atoms. The molecule has 0 amide bonds. The summed E-state index contributed by atoms with van der Waals surface area (Å²) in [4.78, 5) is 23.6. The summed E-state index contributed by atoms with van der Waals surface area (Å²) in [6.45, 7) is -0.358. The van der Waals surface area contributed by atoms with Crippen molar-refractivity contribution in [3.8, 4) is 0 Å². The number of aliphatic hydroxyl groups is 1. The highest BCUT2D eigenvalue weighted by molar-refractivity contribution is 5.01. The van der Waals surface area contributed by atoms with Gasteiger partial charge in [0.25, 0.3) is 5.56 Å². The highest BCUT2D eigenvalue weighted by atomic mass is 16.3. The van der Waals surface area contributed by atoms with Crippen LogP contribution in [-0.2, 0) is 13.7 Å². The lowest BCUT2D eigenvalue weighted by Gasteiger charge is -1.97. The third-order valence-electron chi connectivity index (χ3n) is 1.35. The molecule has 0 bridgehead atoms. The molecule has 11 heavy (non-hydrogen) atoms. The molecule has 0 aliphatic heterocycles. The van der Waals surface area contributed by atoms with Gasteiger partial charge in [-0.3, -0.25) is 9.78 Å². The minimum absolute atomic E-state index is 0.187. The second kappa shape index (κ2) is 2.71. The molecule has 0 unspecified atom stereocenters. The van der Waals surface area contributed by atoms with Crippen LogP contribution in [-0.4, -0.2) is 14.7 Å². The van der Waals surface area contributed by atoms with Crippen molar-refractivity contribution < 1.29 is 5.11 Å². The summed E-state index contributed by atoms with van der Waals surface area (Å²) in [7, 11) is 1.50. The van der Waals surface area contributed by atoms with Crippen molar-refractivity contribution in [3.05, 3.63) is 32.6 Å². The third kappa shape index (κ3) is 1.38. The maximum atomic E-state index is 10.8. The summed E-state index contributed by atoms with van der Waals surface area (Å²) in [6, 6.07) is 0. The number of nitrogens with zero attached hydrogens (tertiary/aromatic N) is 1. The molecule has 0 saturated heterocycles. The number of H-pyrrole nitrogens is 1. The number of aromatic nitrogens is 2. The topological polar surface area (TPSA) is 75.1 Å².